The fourth-order valence-corrected chi connectivity index (χ4v) is 4.72. The second-order valence-electron chi connectivity index (χ2n) is 7.84. The van der Waals surface area contributed by atoms with Crippen LogP contribution in [0.2, 0.25) is 0 Å². The molecule has 2 saturated heterocycles. The summed E-state index contributed by atoms with van der Waals surface area (Å²) >= 11 is 0. The number of nitrogens with zero attached hydrogens (tertiary/aromatic N) is 1. The Morgan fingerprint density at radius 2 is 1.57 bits per heavy atom. The Morgan fingerprint density at radius 3 is 2.11 bits per heavy atom. The largest absolute Gasteiger partial charge is 0.460 e. The second kappa shape index (κ2) is 7.66. The Kier molecular flexibility index (Phi) is 5.23. The summed E-state index contributed by atoms with van der Waals surface area (Å²) < 4.78 is 11.5. The lowest BCUT2D eigenvalue weighted by atomic mass is 9.86. The number of aliphatic hydroxyl groups is 1. The van der Waals surface area contributed by atoms with Crippen molar-refractivity contribution in [3.8, 4) is 0 Å². The minimum Gasteiger partial charge on any atom is -0.460 e. The van der Waals surface area contributed by atoms with Gasteiger partial charge < -0.3 is 14.6 Å². The molecule has 0 aromatic heterocycles. The number of likely N-dealkylation sites (N-methyl/N-ethyl adjacent to an activating group) is 1. The zero-order valence-corrected chi connectivity index (χ0v) is 16.3. The van der Waals surface area contributed by atoms with Crippen LogP contribution < -0.4 is 0 Å². The molecule has 1 N–H and O–H groups in total. The number of methoxy groups -OCH3 is 1. The molecule has 0 spiro atoms. The third-order valence-corrected chi connectivity index (χ3v) is 6.33. The number of carbonyl (C=O) groups excluding carboxylic acids is 1. The molecule has 2 aliphatic rings. The summed E-state index contributed by atoms with van der Waals surface area (Å²) in [6, 6.07) is 18.6. The molecule has 2 bridgehead atoms. The molecule has 4 atom stereocenters. The standard InChI is InChI=1S/C23H27NO4/c1-24-18-13-19(15-20(24)21(14-18)27-2)28-22(25)23(26,16-9-5-3-6-10-16)17-11-7-4-8-12-17/h3-12,18-21,26H,13-15H2,1-2H3. The van der Waals surface area contributed by atoms with Crippen LogP contribution in [-0.2, 0) is 19.9 Å². The molecule has 5 nitrogen and oxygen atoms in total. The molecule has 2 aromatic rings. The van der Waals surface area contributed by atoms with E-state index in [4.69, 9.17) is 9.47 Å². The molecule has 4 unspecified atom stereocenters. The summed E-state index contributed by atoms with van der Waals surface area (Å²) in [5.74, 6) is -0.618. The number of benzene rings is 2. The number of carbonyl (C=O) groups is 1. The lowest BCUT2D eigenvalue weighted by Crippen LogP contribution is -2.48. The van der Waals surface area contributed by atoms with Gasteiger partial charge in [0, 0.05) is 32.0 Å². The van der Waals surface area contributed by atoms with Crippen LogP contribution in [-0.4, -0.2) is 54.4 Å². The normalized spacial score (nSPS) is 27.5. The van der Waals surface area contributed by atoms with Crippen molar-refractivity contribution in [1.82, 2.24) is 4.90 Å². The highest BCUT2D eigenvalue weighted by atomic mass is 16.6. The van der Waals surface area contributed by atoms with Gasteiger partial charge in [0.25, 0.3) is 0 Å². The molecule has 0 saturated carbocycles. The minimum absolute atomic E-state index is 0.167. The Bertz CT molecular complexity index is 770. The van der Waals surface area contributed by atoms with Crippen LogP contribution in [0.3, 0.4) is 0 Å². The van der Waals surface area contributed by atoms with Crippen LogP contribution in [0.25, 0.3) is 0 Å². The van der Waals surface area contributed by atoms with E-state index < -0.39 is 11.6 Å². The van der Waals surface area contributed by atoms with E-state index in [0.29, 0.717) is 17.2 Å². The molecule has 148 valence electrons. The molecule has 0 amide bonds. The first-order valence-electron chi connectivity index (χ1n) is 9.83. The van der Waals surface area contributed by atoms with Crippen molar-refractivity contribution in [3.05, 3.63) is 71.8 Å². The lowest BCUT2D eigenvalue weighted by molar-refractivity contribution is -0.171. The van der Waals surface area contributed by atoms with E-state index in [9.17, 15) is 9.90 Å². The SMILES string of the molecule is COC1CC2CC(OC(=O)C(O)(c3ccccc3)c3ccccc3)CC1N2C. The van der Waals surface area contributed by atoms with E-state index in [1.54, 1.807) is 31.4 Å². The number of piperidine rings is 1. The van der Waals surface area contributed by atoms with Gasteiger partial charge in [-0.3, -0.25) is 4.90 Å². The topological polar surface area (TPSA) is 59.0 Å². The van der Waals surface area contributed by atoms with Crippen molar-refractivity contribution in [2.24, 2.45) is 0 Å². The summed E-state index contributed by atoms with van der Waals surface area (Å²) in [6.07, 6.45) is 2.38. The van der Waals surface area contributed by atoms with Crippen molar-refractivity contribution in [2.75, 3.05) is 14.2 Å². The van der Waals surface area contributed by atoms with Crippen LogP contribution in [0.5, 0.6) is 0 Å². The fourth-order valence-electron chi connectivity index (χ4n) is 4.72. The van der Waals surface area contributed by atoms with E-state index in [1.807, 2.05) is 36.4 Å². The van der Waals surface area contributed by atoms with Gasteiger partial charge in [-0.25, -0.2) is 4.79 Å². The van der Waals surface area contributed by atoms with Gasteiger partial charge in [0.2, 0.25) is 5.60 Å². The maximum Gasteiger partial charge on any atom is 0.347 e. The van der Waals surface area contributed by atoms with E-state index in [1.165, 1.54) is 0 Å². The van der Waals surface area contributed by atoms with Crippen LogP contribution in [0, 0.1) is 0 Å². The third-order valence-electron chi connectivity index (χ3n) is 6.33. The van der Waals surface area contributed by atoms with Gasteiger partial charge >= 0.3 is 5.97 Å². The van der Waals surface area contributed by atoms with E-state index in [0.717, 1.165) is 19.3 Å². The van der Waals surface area contributed by atoms with Crippen LogP contribution in [0.4, 0.5) is 0 Å². The first-order chi connectivity index (χ1) is 13.5. The Balaban J connectivity index is 1.59. The summed E-state index contributed by atoms with van der Waals surface area (Å²) in [5.41, 5.74) is -0.806. The van der Waals surface area contributed by atoms with Gasteiger partial charge in [-0.15, -0.1) is 0 Å². The molecule has 2 heterocycles. The maximum atomic E-state index is 13.3. The van der Waals surface area contributed by atoms with Gasteiger partial charge in [-0.05, 0) is 24.6 Å². The third kappa shape index (κ3) is 3.24. The Hall–Kier alpha value is -2.21. The van der Waals surface area contributed by atoms with Crippen LogP contribution in [0.15, 0.2) is 60.7 Å². The van der Waals surface area contributed by atoms with Gasteiger partial charge in [0.1, 0.15) is 6.10 Å². The van der Waals surface area contributed by atoms with Crippen molar-refractivity contribution in [2.45, 2.75) is 49.2 Å². The predicted octanol–water partition coefficient (Wildman–Crippen LogP) is 2.72. The van der Waals surface area contributed by atoms with Gasteiger partial charge in [-0.2, -0.15) is 0 Å². The highest BCUT2D eigenvalue weighted by Gasteiger charge is 2.48. The highest BCUT2D eigenvalue weighted by molar-refractivity contribution is 5.85. The van der Waals surface area contributed by atoms with Gasteiger partial charge in [-0.1, -0.05) is 60.7 Å². The monoisotopic (exact) mass is 381 g/mol. The Labute approximate surface area is 165 Å². The molecule has 2 aliphatic heterocycles. The summed E-state index contributed by atoms with van der Waals surface area (Å²) in [4.78, 5) is 15.6. The number of rotatable bonds is 5. The summed E-state index contributed by atoms with van der Waals surface area (Å²) in [5, 5.41) is 11.5. The molecular formula is C23H27NO4. The first kappa shape index (κ1) is 19.1. The van der Waals surface area contributed by atoms with Crippen molar-refractivity contribution in [3.63, 3.8) is 0 Å². The predicted molar refractivity (Wildman–Crippen MR) is 106 cm³/mol. The zero-order chi connectivity index (χ0) is 19.7. The quantitative estimate of drug-likeness (QED) is 0.807. The van der Waals surface area contributed by atoms with Crippen LogP contribution in [0.1, 0.15) is 30.4 Å². The average molecular weight is 381 g/mol. The first-order valence-corrected chi connectivity index (χ1v) is 9.83. The molecule has 0 aliphatic carbocycles. The summed E-state index contributed by atoms with van der Waals surface area (Å²) in [7, 11) is 3.85. The molecule has 4 rings (SSSR count). The number of hydrogen-bond acceptors (Lipinski definition) is 5. The molecule has 0 radical (unpaired) electrons. The van der Waals surface area contributed by atoms with Crippen molar-refractivity contribution < 1.29 is 19.4 Å². The number of esters is 1. The molecule has 5 heteroatoms. The Morgan fingerprint density at radius 1 is 1.00 bits per heavy atom. The van der Waals surface area contributed by atoms with Crippen LogP contribution >= 0.6 is 0 Å². The summed E-state index contributed by atoms with van der Waals surface area (Å²) in [6.45, 7) is 0. The van der Waals surface area contributed by atoms with Gasteiger partial charge in [0.05, 0.1) is 6.10 Å². The highest BCUT2D eigenvalue weighted by Crippen LogP contribution is 2.39. The van der Waals surface area contributed by atoms with E-state index in [-0.39, 0.29) is 18.2 Å². The molecule has 2 fully saturated rings. The molecule has 28 heavy (non-hydrogen) atoms. The van der Waals surface area contributed by atoms with Gasteiger partial charge in [0.15, 0.2) is 0 Å². The number of fused-ring (bicyclic) bond motifs is 2. The lowest BCUT2D eigenvalue weighted by Gasteiger charge is -2.38. The smallest absolute Gasteiger partial charge is 0.347 e. The number of ether oxygens (including phenoxy) is 2. The second-order valence-corrected chi connectivity index (χ2v) is 7.84. The molecular weight excluding hydrogens is 354 g/mol. The fraction of sp³-hybridized carbons (Fsp3) is 0.435. The maximum absolute atomic E-state index is 13.3. The van der Waals surface area contributed by atoms with Crippen molar-refractivity contribution >= 4 is 5.97 Å². The molecule has 2 aromatic carbocycles. The minimum atomic E-state index is -1.83. The van der Waals surface area contributed by atoms with Crippen molar-refractivity contribution in [1.29, 1.82) is 0 Å². The number of hydrogen-bond donors (Lipinski definition) is 1. The zero-order valence-electron chi connectivity index (χ0n) is 16.3. The average Bonchev–Trinajstić information content (AvgIpc) is 2.91. The van der Waals surface area contributed by atoms with E-state index in [2.05, 4.69) is 11.9 Å². The van der Waals surface area contributed by atoms with E-state index >= 15 is 0 Å².